The lowest BCUT2D eigenvalue weighted by molar-refractivity contribution is -0.123. The van der Waals surface area contributed by atoms with Crippen molar-refractivity contribution in [3.8, 4) is 0 Å². The molecular formula is C15H20N2O4. The molecule has 1 fully saturated rings. The average molecular weight is 292 g/mol. The summed E-state index contributed by atoms with van der Waals surface area (Å²) in [5.41, 5.74) is 1.32. The first-order chi connectivity index (χ1) is 10.1. The van der Waals surface area contributed by atoms with E-state index in [4.69, 9.17) is 9.84 Å². The van der Waals surface area contributed by atoms with Gasteiger partial charge in [0, 0.05) is 5.69 Å². The number of hydrogen-bond donors (Lipinski definition) is 3. The van der Waals surface area contributed by atoms with Gasteiger partial charge < -0.3 is 20.5 Å². The molecule has 1 aromatic carbocycles. The van der Waals surface area contributed by atoms with Gasteiger partial charge in [0.2, 0.25) is 5.91 Å². The van der Waals surface area contributed by atoms with Gasteiger partial charge in [-0.15, -0.1) is 0 Å². The van der Waals surface area contributed by atoms with Crippen LogP contribution in [0.5, 0.6) is 0 Å². The smallest absolute Gasteiger partial charge is 0.336 e. The molecule has 1 heterocycles. The fraction of sp³-hybridized carbons (Fsp3) is 0.467. The maximum absolute atomic E-state index is 11.8. The van der Waals surface area contributed by atoms with Crippen LogP contribution in [0.4, 0.5) is 5.69 Å². The van der Waals surface area contributed by atoms with Crippen LogP contribution in [-0.2, 0) is 9.53 Å². The number of rotatable bonds is 5. The third kappa shape index (κ3) is 4.54. The molecular weight excluding hydrogens is 272 g/mol. The molecule has 1 aliphatic rings. The van der Waals surface area contributed by atoms with E-state index >= 15 is 0 Å². The van der Waals surface area contributed by atoms with Crippen molar-refractivity contribution in [1.82, 2.24) is 5.32 Å². The highest BCUT2D eigenvalue weighted by Gasteiger charge is 2.15. The molecule has 0 spiro atoms. The standard InChI is InChI=1S/C15H20N2O4/c1-10-2-3-11(8-13(10)15(19)20)17-14(18)9-21-12-4-6-16-7-5-12/h2-3,8,12,16H,4-7,9H2,1H3,(H,17,18)(H,19,20). The van der Waals surface area contributed by atoms with E-state index in [2.05, 4.69) is 10.6 Å². The van der Waals surface area contributed by atoms with Gasteiger partial charge in [0.05, 0.1) is 11.7 Å². The predicted octanol–water partition coefficient (Wildman–Crippen LogP) is 1.40. The van der Waals surface area contributed by atoms with Gasteiger partial charge in [-0.05, 0) is 50.6 Å². The number of ether oxygens (including phenoxy) is 1. The molecule has 114 valence electrons. The molecule has 0 atom stereocenters. The van der Waals surface area contributed by atoms with E-state index in [1.165, 1.54) is 6.07 Å². The van der Waals surface area contributed by atoms with Crippen LogP contribution in [0.25, 0.3) is 0 Å². The van der Waals surface area contributed by atoms with Crippen molar-refractivity contribution in [2.45, 2.75) is 25.9 Å². The summed E-state index contributed by atoms with van der Waals surface area (Å²) in [6.07, 6.45) is 1.92. The first kappa shape index (κ1) is 15.5. The Balaban J connectivity index is 1.87. The number of nitrogens with one attached hydrogen (secondary N) is 2. The normalized spacial score (nSPS) is 15.7. The highest BCUT2D eigenvalue weighted by atomic mass is 16.5. The Kier molecular flexibility index (Phi) is 5.30. The van der Waals surface area contributed by atoms with E-state index in [0.717, 1.165) is 25.9 Å². The Bertz CT molecular complexity index is 524. The number of carbonyl (C=O) groups excluding carboxylic acids is 1. The Labute approximate surface area is 123 Å². The van der Waals surface area contributed by atoms with Crippen molar-refractivity contribution in [1.29, 1.82) is 0 Å². The first-order valence-electron chi connectivity index (χ1n) is 7.02. The van der Waals surface area contributed by atoms with Crippen LogP contribution in [0.15, 0.2) is 18.2 Å². The second kappa shape index (κ2) is 7.19. The van der Waals surface area contributed by atoms with Crippen molar-refractivity contribution in [3.05, 3.63) is 29.3 Å². The summed E-state index contributed by atoms with van der Waals surface area (Å²) in [5.74, 6) is -1.27. The molecule has 1 amide bonds. The third-order valence-corrected chi connectivity index (χ3v) is 3.49. The van der Waals surface area contributed by atoms with Crippen LogP contribution in [0.3, 0.4) is 0 Å². The molecule has 3 N–H and O–H groups in total. The Hall–Kier alpha value is -1.92. The second-order valence-corrected chi connectivity index (χ2v) is 5.14. The molecule has 2 rings (SSSR count). The lowest BCUT2D eigenvalue weighted by atomic mass is 10.1. The van der Waals surface area contributed by atoms with Crippen molar-refractivity contribution in [2.24, 2.45) is 0 Å². The summed E-state index contributed by atoms with van der Waals surface area (Å²) in [4.78, 5) is 22.9. The van der Waals surface area contributed by atoms with Gasteiger partial charge in [-0.3, -0.25) is 4.79 Å². The number of amides is 1. The number of anilines is 1. The number of aryl methyl sites for hydroxylation is 1. The zero-order valence-corrected chi connectivity index (χ0v) is 12.0. The predicted molar refractivity (Wildman–Crippen MR) is 78.6 cm³/mol. The van der Waals surface area contributed by atoms with E-state index in [1.807, 2.05) is 0 Å². The topological polar surface area (TPSA) is 87.7 Å². The lowest BCUT2D eigenvalue weighted by Crippen LogP contribution is -2.34. The maximum atomic E-state index is 11.8. The van der Waals surface area contributed by atoms with Gasteiger partial charge in [-0.2, -0.15) is 0 Å². The van der Waals surface area contributed by atoms with Gasteiger partial charge in [0.1, 0.15) is 6.61 Å². The fourth-order valence-corrected chi connectivity index (χ4v) is 2.28. The van der Waals surface area contributed by atoms with Gasteiger partial charge in [-0.1, -0.05) is 6.07 Å². The number of piperidine rings is 1. The number of carbonyl (C=O) groups is 2. The Morgan fingerprint density at radius 2 is 2.10 bits per heavy atom. The fourth-order valence-electron chi connectivity index (χ4n) is 2.28. The quantitative estimate of drug-likeness (QED) is 0.763. The molecule has 0 aromatic heterocycles. The number of carboxylic acid groups (broad SMARTS) is 1. The molecule has 1 aromatic rings. The van der Waals surface area contributed by atoms with Crippen LogP contribution in [0, 0.1) is 6.92 Å². The third-order valence-electron chi connectivity index (χ3n) is 3.49. The van der Waals surface area contributed by atoms with Gasteiger partial charge in [0.25, 0.3) is 0 Å². The van der Waals surface area contributed by atoms with Crippen molar-refractivity contribution < 1.29 is 19.4 Å². The lowest BCUT2D eigenvalue weighted by Gasteiger charge is -2.22. The number of aromatic carboxylic acids is 1. The first-order valence-corrected chi connectivity index (χ1v) is 7.02. The van der Waals surface area contributed by atoms with Crippen molar-refractivity contribution in [3.63, 3.8) is 0 Å². The van der Waals surface area contributed by atoms with E-state index < -0.39 is 5.97 Å². The monoisotopic (exact) mass is 292 g/mol. The number of hydrogen-bond acceptors (Lipinski definition) is 4. The highest BCUT2D eigenvalue weighted by molar-refractivity contribution is 5.95. The summed E-state index contributed by atoms with van der Waals surface area (Å²) in [5, 5.41) is 14.9. The van der Waals surface area contributed by atoms with Crippen LogP contribution in [0.2, 0.25) is 0 Å². The SMILES string of the molecule is Cc1ccc(NC(=O)COC2CCNCC2)cc1C(=O)O. The molecule has 6 heteroatoms. The average Bonchev–Trinajstić information content (AvgIpc) is 2.48. The molecule has 0 saturated carbocycles. The largest absolute Gasteiger partial charge is 0.478 e. The summed E-state index contributed by atoms with van der Waals surface area (Å²) in [7, 11) is 0. The molecule has 21 heavy (non-hydrogen) atoms. The molecule has 0 aliphatic carbocycles. The minimum atomic E-state index is -1.01. The summed E-state index contributed by atoms with van der Waals surface area (Å²) in [6.45, 7) is 3.52. The molecule has 6 nitrogen and oxygen atoms in total. The summed E-state index contributed by atoms with van der Waals surface area (Å²) < 4.78 is 5.55. The number of carboxylic acids is 1. The number of benzene rings is 1. The molecule has 1 aliphatic heterocycles. The second-order valence-electron chi connectivity index (χ2n) is 5.14. The maximum Gasteiger partial charge on any atom is 0.336 e. The van der Waals surface area contributed by atoms with E-state index in [0.29, 0.717) is 11.3 Å². The van der Waals surface area contributed by atoms with E-state index in [1.54, 1.807) is 19.1 Å². The summed E-state index contributed by atoms with van der Waals surface area (Å²) >= 11 is 0. The van der Waals surface area contributed by atoms with Crippen molar-refractivity contribution in [2.75, 3.05) is 25.0 Å². The molecule has 0 unspecified atom stereocenters. The van der Waals surface area contributed by atoms with Crippen LogP contribution >= 0.6 is 0 Å². The molecule has 0 bridgehead atoms. The Morgan fingerprint density at radius 3 is 2.76 bits per heavy atom. The molecule has 1 saturated heterocycles. The van der Waals surface area contributed by atoms with Gasteiger partial charge in [-0.25, -0.2) is 4.79 Å². The van der Waals surface area contributed by atoms with Gasteiger partial charge >= 0.3 is 5.97 Å². The highest BCUT2D eigenvalue weighted by Crippen LogP contribution is 2.15. The zero-order chi connectivity index (χ0) is 15.2. The van der Waals surface area contributed by atoms with E-state index in [-0.39, 0.29) is 24.2 Å². The zero-order valence-electron chi connectivity index (χ0n) is 12.0. The summed E-state index contributed by atoms with van der Waals surface area (Å²) in [6, 6.07) is 4.82. The van der Waals surface area contributed by atoms with Gasteiger partial charge in [0.15, 0.2) is 0 Å². The van der Waals surface area contributed by atoms with Crippen molar-refractivity contribution >= 4 is 17.6 Å². The molecule has 0 radical (unpaired) electrons. The van der Waals surface area contributed by atoms with Crippen LogP contribution < -0.4 is 10.6 Å². The van der Waals surface area contributed by atoms with Crippen LogP contribution in [-0.4, -0.2) is 42.8 Å². The minimum absolute atomic E-state index is 0.0129. The Morgan fingerprint density at radius 1 is 1.38 bits per heavy atom. The van der Waals surface area contributed by atoms with Crippen LogP contribution in [0.1, 0.15) is 28.8 Å². The minimum Gasteiger partial charge on any atom is -0.478 e. The van der Waals surface area contributed by atoms with E-state index in [9.17, 15) is 9.59 Å².